The number of para-hydroxylation sites is 1. The Labute approximate surface area is 116 Å². The van der Waals surface area contributed by atoms with Gasteiger partial charge in [0.15, 0.2) is 0 Å². The minimum absolute atomic E-state index is 0.0807. The molecule has 20 heavy (non-hydrogen) atoms. The molecule has 1 aromatic carbocycles. The van der Waals surface area contributed by atoms with Gasteiger partial charge < -0.3 is 14.7 Å². The Hall–Kier alpha value is -1.69. The van der Waals surface area contributed by atoms with Crippen LogP contribution >= 0.6 is 0 Å². The molecular weight excluding hydrogens is 268 g/mol. The molecular formula is C14H17F2NO3. The van der Waals surface area contributed by atoms with Crippen LogP contribution in [0, 0.1) is 0 Å². The third-order valence-electron chi connectivity index (χ3n) is 3.30. The second-order valence-electron chi connectivity index (χ2n) is 4.63. The molecule has 1 N–H and O–H groups in total. The number of ether oxygens (including phenoxy) is 1. The van der Waals surface area contributed by atoms with Gasteiger partial charge in [0.05, 0.1) is 25.7 Å². The van der Waals surface area contributed by atoms with Crippen molar-refractivity contribution in [1.29, 1.82) is 0 Å². The van der Waals surface area contributed by atoms with Crippen molar-refractivity contribution in [1.82, 2.24) is 4.90 Å². The summed E-state index contributed by atoms with van der Waals surface area (Å²) in [7, 11) is 0. The van der Waals surface area contributed by atoms with E-state index in [0.29, 0.717) is 18.8 Å². The second-order valence-corrected chi connectivity index (χ2v) is 4.63. The van der Waals surface area contributed by atoms with E-state index in [0.717, 1.165) is 10.5 Å². The Balaban J connectivity index is 2.19. The fraction of sp³-hybridized carbons (Fsp3) is 0.500. The first kappa shape index (κ1) is 14.7. The molecule has 0 spiro atoms. The summed E-state index contributed by atoms with van der Waals surface area (Å²) in [6.45, 7) is -0.681. The van der Waals surface area contributed by atoms with Gasteiger partial charge >= 0.3 is 0 Å². The Kier molecular flexibility index (Phi) is 4.89. The second kappa shape index (κ2) is 6.65. The summed E-state index contributed by atoms with van der Waals surface area (Å²) >= 11 is 0. The van der Waals surface area contributed by atoms with Crippen molar-refractivity contribution in [2.75, 3.05) is 26.3 Å². The first-order valence-electron chi connectivity index (χ1n) is 6.53. The topological polar surface area (TPSA) is 49.8 Å². The van der Waals surface area contributed by atoms with E-state index in [-0.39, 0.29) is 19.1 Å². The zero-order valence-electron chi connectivity index (χ0n) is 11.0. The summed E-state index contributed by atoms with van der Waals surface area (Å²) in [5, 5.41) is 8.93. The summed E-state index contributed by atoms with van der Waals surface area (Å²) in [6, 6.07) is 7.13. The Morgan fingerprint density at radius 3 is 2.90 bits per heavy atom. The maximum atomic E-state index is 12.5. The molecule has 4 nitrogen and oxygen atoms in total. The maximum absolute atomic E-state index is 12.5. The summed E-state index contributed by atoms with van der Waals surface area (Å²) < 4.78 is 30.5. The Morgan fingerprint density at radius 1 is 1.45 bits per heavy atom. The van der Waals surface area contributed by atoms with Gasteiger partial charge in [-0.2, -0.15) is 0 Å². The van der Waals surface area contributed by atoms with Crippen molar-refractivity contribution in [2.24, 2.45) is 0 Å². The number of hydrogen-bond donors (Lipinski definition) is 1. The highest BCUT2D eigenvalue weighted by Crippen LogP contribution is 2.34. The molecule has 0 fully saturated rings. The number of carbonyl (C=O) groups is 1. The van der Waals surface area contributed by atoms with Crippen LogP contribution < -0.4 is 4.74 Å². The van der Waals surface area contributed by atoms with Crippen LogP contribution in [-0.4, -0.2) is 48.6 Å². The molecule has 0 radical (unpaired) electrons. The first-order valence-corrected chi connectivity index (χ1v) is 6.53. The largest absolute Gasteiger partial charge is 0.493 e. The van der Waals surface area contributed by atoms with E-state index in [9.17, 15) is 13.6 Å². The number of carbonyl (C=O) groups excluding carboxylic acids is 1. The highest BCUT2D eigenvalue weighted by atomic mass is 19.3. The van der Waals surface area contributed by atoms with Gasteiger partial charge in [-0.05, 0) is 12.5 Å². The standard InChI is InChI=1S/C14H17F2NO3/c15-13(16)9-17(6-7-18)14(19)11-5-8-20-12-4-2-1-3-10(11)12/h1-4,11,13,18H,5-9H2. The van der Waals surface area contributed by atoms with Gasteiger partial charge in [0.25, 0.3) is 6.43 Å². The minimum Gasteiger partial charge on any atom is -0.493 e. The molecule has 0 saturated heterocycles. The predicted octanol–water partition coefficient (Wildman–Crippen LogP) is 1.64. The van der Waals surface area contributed by atoms with Gasteiger partial charge in [0.1, 0.15) is 5.75 Å². The molecule has 1 heterocycles. The van der Waals surface area contributed by atoms with Crippen LogP contribution in [0.1, 0.15) is 17.9 Å². The normalized spacial score (nSPS) is 17.5. The number of aliphatic hydroxyl groups excluding tert-OH is 1. The van der Waals surface area contributed by atoms with E-state index in [1.165, 1.54) is 0 Å². The van der Waals surface area contributed by atoms with Crippen molar-refractivity contribution in [3.05, 3.63) is 29.8 Å². The smallest absolute Gasteiger partial charge is 0.255 e. The predicted molar refractivity (Wildman–Crippen MR) is 69.0 cm³/mol. The van der Waals surface area contributed by atoms with Crippen LogP contribution in [0.4, 0.5) is 8.78 Å². The molecule has 1 aliphatic heterocycles. The maximum Gasteiger partial charge on any atom is 0.255 e. The van der Waals surface area contributed by atoms with Gasteiger partial charge in [-0.15, -0.1) is 0 Å². The van der Waals surface area contributed by atoms with Crippen LogP contribution in [0.15, 0.2) is 24.3 Å². The molecule has 6 heteroatoms. The molecule has 0 bridgehead atoms. The lowest BCUT2D eigenvalue weighted by atomic mass is 9.92. The van der Waals surface area contributed by atoms with Crippen molar-refractivity contribution >= 4 is 5.91 Å². The van der Waals surface area contributed by atoms with Crippen LogP contribution in [0.5, 0.6) is 5.75 Å². The lowest BCUT2D eigenvalue weighted by molar-refractivity contribution is -0.136. The number of fused-ring (bicyclic) bond motifs is 1. The summed E-state index contributed by atoms with van der Waals surface area (Å²) in [5.74, 6) is -0.238. The molecule has 110 valence electrons. The molecule has 2 rings (SSSR count). The van der Waals surface area contributed by atoms with E-state index in [1.807, 2.05) is 0 Å². The van der Waals surface area contributed by atoms with Crippen molar-refractivity contribution in [2.45, 2.75) is 18.8 Å². The molecule has 1 aromatic rings. The number of halogens is 2. The summed E-state index contributed by atoms with van der Waals surface area (Å²) in [4.78, 5) is 13.4. The van der Waals surface area contributed by atoms with Crippen LogP contribution in [0.2, 0.25) is 0 Å². The van der Waals surface area contributed by atoms with Crippen LogP contribution in [0.3, 0.4) is 0 Å². The average Bonchev–Trinajstić information content (AvgIpc) is 2.45. The third kappa shape index (κ3) is 3.25. The van der Waals surface area contributed by atoms with E-state index >= 15 is 0 Å². The summed E-state index contributed by atoms with van der Waals surface area (Å²) in [6.07, 6.45) is -2.15. The molecule has 1 amide bonds. The SMILES string of the molecule is O=C(C1CCOc2ccccc21)N(CCO)CC(F)F. The quantitative estimate of drug-likeness (QED) is 0.894. The van der Waals surface area contributed by atoms with E-state index in [4.69, 9.17) is 9.84 Å². The minimum atomic E-state index is -2.61. The molecule has 1 atom stereocenters. The Bertz CT molecular complexity index is 467. The number of benzene rings is 1. The fourth-order valence-electron chi connectivity index (χ4n) is 2.40. The monoisotopic (exact) mass is 285 g/mol. The lowest BCUT2D eigenvalue weighted by Crippen LogP contribution is -2.41. The van der Waals surface area contributed by atoms with Gasteiger partial charge in [0.2, 0.25) is 5.91 Å². The zero-order chi connectivity index (χ0) is 14.5. The molecule has 1 unspecified atom stereocenters. The Morgan fingerprint density at radius 2 is 2.20 bits per heavy atom. The van der Waals surface area contributed by atoms with Gasteiger partial charge in [-0.3, -0.25) is 4.79 Å². The number of amides is 1. The van der Waals surface area contributed by atoms with E-state index < -0.39 is 18.9 Å². The molecule has 0 aromatic heterocycles. The van der Waals surface area contributed by atoms with Crippen molar-refractivity contribution in [3.8, 4) is 5.75 Å². The lowest BCUT2D eigenvalue weighted by Gasteiger charge is -2.30. The third-order valence-corrected chi connectivity index (χ3v) is 3.30. The van der Waals surface area contributed by atoms with Gasteiger partial charge in [-0.25, -0.2) is 8.78 Å². The van der Waals surface area contributed by atoms with E-state index in [1.54, 1.807) is 24.3 Å². The number of hydrogen-bond acceptors (Lipinski definition) is 3. The van der Waals surface area contributed by atoms with Crippen LogP contribution in [0.25, 0.3) is 0 Å². The molecule has 1 aliphatic rings. The highest BCUT2D eigenvalue weighted by Gasteiger charge is 2.31. The number of alkyl halides is 2. The zero-order valence-corrected chi connectivity index (χ0v) is 11.0. The summed E-state index contributed by atoms with van der Waals surface area (Å²) in [5.41, 5.74) is 0.723. The average molecular weight is 285 g/mol. The molecule has 0 saturated carbocycles. The van der Waals surface area contributed by atoms with Crippen molar-refractivity contribution in [3.63, 3.8) is 0 Å². The van der Waals surface area contributed by atoms with Gasteiger partial charge in [-0.1, -0.05) is 18.2 Å². The first-order chi connectivity index (χ1) is 9.63. The number of rotatable bonds is 5. The number of aliphatic hydroxyl groups is 1. The molecule has 0 aliphatic carbocycles. The number of nitrogens with zero attached hydrogens (tertiary/aromatic N) is 1. The fourth-order valence-corrected chi connectivity index (χ4v) is 2.40. The van der Waals surface area contributed by atoms with E-state index in [2.05, 4.69) is 0 Å². The van der Waals surface area contributed by atoms with Crippen molar-refractivity contribution < 1.29 is 23.4 Å². The highest BCUT2D eigenvalue weighted by molar-refractivity contribution is 5.85. The van der Waals surface area contributed by atoms with Crippen LogP contribution in [-0.2, 0) is 4.79 Å². The van der Waals surface area contributed by atoms with Gasteiger partial charge in [0, 0.05) is 12.1 Å².